The third kappa shape index (κ3) is 5.33. The first-order chi connectivity index (χ1) is 13.8. The summed E-state index contributed by atoms with van der Waals surface area (Å²) in [5.41, 5.74) is -0.393. The maximum absolute atomic E-state index is 13.5. The van der Waals surface area contributed by atoms with Gasteiger partial charge in [-0.05, 0) is 29.3 Å². The zero-order valence-corrected chi connectivity index (χ0v) is 15.4. The van der Waals surface area contributed by atoms with Gasteiger partial charge in [0.1, 0.15) is 11.9 Å². The average molecular weight is 413 g/mol. The van der Waals surface area contributed by atoms with Crippen LogP contribution in [0.5, 0.6) is 5.75 Å². The molecule has 1 unspecified atom stereocenters. The molecular formula is C21H20F5NO2. The lowest BCUT2D eigenvalue weighted by Crippen LogP contribution is -2.52. The van der Waals surface area contributed by atoms with Crippen LogP contribution in [-0.2, 0) is 10.9 Å². The fraction of sp³-hybridized carbons (Fsp3) is 0.333. The summed E-state index contributed by atoms with van der Waals surface area (Å²) in [5.74, 6) is -0.0765. The number of rotatable bonds is 8. The predicted octanol–water partition coefficient (Wildman–Crippen LogP) is 5.28. The summed E-state index contributed by atoms with van der Waals surface area (Å²) in [6.07, 6.45) is -4.05. The Labute approximate surface area is 165 Å². The number of benzene rings is 2. The molecule has 2 aromatic carbocycles. The van der Waals surface area contributed by atoms with E-state index in [4.69, 9.17) is 4.74 Å². The molecule has 0 aromatic heterocycles. The standard InChI is InChI=1S/C21H20F5NO2/c1-2-11-27-12-16(13-27)28-19(14-7-9-15(10-8-14)29-20(22)23)17-5-3-4-6-18(17)21(24,25)26/h2-10,16,19-20H,1,11-13H2. The van der Waals surface area contributed by atoms with Crippen LogP contribution in [0.25, 0.3) is 0 Å². The fourth-order valence-electron chi connectivity index (χ4n) is 3.27. The SMILES string of the molecule is C=CCN1CC(OC(c2ccc(OC(F)F)cc2)c2ccccc2C(F)(F)F)C1. The normalized spacial score (nSPS) is 16.5. The van der Waals surface area contributed by atoms with E-state index in [1.54, 1.807) is 6.08 Å². The largest absolute Gasteiger partial charge is 0.435 e. The molecule has 29 heavy (non-hydrogen) atoms. The summed E-state index contributed by atoms with van der Waals surface area (Å²) in [6, 6.07) is 10.7. The third-order valence-corrected chi connectivity index (χ3v) is 4.60. The number of likely N-dealkylation sites (tertiary alicyclic amines) is 1. The minimum absolute atomic E-state index is 0.0234. The molecular weight excluding hydrogens is 393 g/mol. The van der Waals surface area contributed by atoms with Crippen LogP contribution in [0.3, 0.4) is 0 Å². The molecule has 0 bridgehead atoms. The third-order valence-electron chi connectivity index (χ3n) is 4.60. The molecule has 0 spiro atoms. The Balaban J connectivity index is 1.90. The maximum Gasteiger partial charge on any atom is 0.416 e. The first kappa shape index (κ1) is 21.3. The molecule has 3 nitrogen and oxygen atoms in total. The van der Waals surface area contributed by atoms with Crippen molar-refractivity contribution in [3.05, 3.63) is 77.9 Å². The second-order valence-electron chi connectivity index (χ2n) is 6.68. The van der Waals surface area contributed by atoms with Gasteiger partial charge in [-0.3, -0.25) is 4.90 Å². The quantitative estimate of drug-likeness (QED) is 0.434. The van der Waals surface area contributed by atoms with E-state index in [9.17, 15) is 22.0 Å². The summed E-state index contributed by atoms with van der Waals surface area (Å²) in [5, 5.41) is 0. The van der Waals surface area contributed by atoms with Crippen molar-refractivity contribution in [2.75, 3.05) is 19.6 Å². The van der Waals surface area contributed by atoms with Crippen LogP contribution in [0.2, 0.25) is 0 Å². The molecule has 156 valence electrons. The smallest absolute Gasteiger partial charge is 0.416 e. The van der Waals surface area contributed by atoms with Gasteiger partial charge in [0.25, 0.3) is 0 Å². The lowest BCUT2D eigenvalue weighted by atomic mass is 9.95. The van der Waals surface area contributed by atoms with Gasteiger partial charge in [-0.1, -0.05) is 36.4 Å². The van der Waals surface area contributed by atoms with E-state index in [-0.39, 0.29) is 17.4 Å². The van der Waals surface area contributed by atoms with Crippen molar-refractivity contribution < 1.29 is 31.4 Å². The molecule has 0 N–H and O–H groups in total. The van der Waals surface area contributed by atoms with Gasteiger partial charge in [-0.2, -0.15) is 22.0 Å². The number of ether oxygens (including phenoxy) is 2. The highest BCUT2D eigenvalue weighted by atomic mass is 19.4. The van der Waals surface area contributed by atoms with Crippen molar-refractivity contribution >= 4 is 0 Å². The van der Waals surface area contributed by atoms with Crippen LogP contribution in [-0.4, -0.2) is 37.2 Å². The summed E-state index contributed by atoms with van der Waals surface area (Å²) in [6.45, 7) is 2.49. The highest BCUT2D eigenvalue weighted by molar-refractivity contribution is 5.39. The maximum atomic E-state index is 13.5. The van der Waals surface area contributed by atoms with E-state index in [2.05, 4.69) is 11.3 Å². The zero-order chi connectivity index (χ0) is 21.0. The van der Waals surface area contributed by atoms with Crippen molar-refractivity contribution in [2.45, 2.75) is 25.0 Å². The average Bonchev–Trinajstić information content (AvgIpc) is 2.63. The molecule has 0 aliphatic carbocycles. The van der Waals surface area contributed by atoms with E-state index in [1.807, 2.05) is 4.90 Å². The number of alkyl halides is 5. The van der Waals surface area contributed by atoms with Gasteiger partial charge < -0.3 is 9.47 Å². The molecule has 0 amide bonds. The lowest BCUT2D eigenvalue weighted by molar-refractivity contribution is -0.140. The van der Waals surface area contributed by atoms with E-state index in [0.29, 0.717) is 25.2 Å². The van der Waals surface area contributed by atoms with Crippen LogP contribution in [0.4, 0.5) is 22.0 Å². The van der Waals surface area contributed by atoms with Gasteiger partial charge in [0, 0.05) is 19.6 Å². The lowest BCUT2D eigenvalue weighted by Gasteiger charge is -2.40. The van der Waals surface area contributed by atoms with Crippen molar-refractivity contribution in [3.8, 4) is 5.75 Å². The van der Waals surface area contributed by atoms with Gasteiger partial charge >= 0.3 is 12.8 Å². The first-order valence-corrected chi connectivity index (χ1v) is 8.97. The number of hydrogen-bond acceptors (Lipinski definition) is 3. The Bertz CT molecular complexity index is 817. The Morgan fingerprint density at radius 1 is 1.07 bits per heavy atom. The topological polar surface area (TPSA) is 21.7 Å². The van der Waals surface area contributed by atoms with Gasteiger partial charge in [0.15, 0.2) is 0 Å². The Kier molecular flexibility index (Phi) is 6.54. The van der Waals surface area contributed by atoms with Crippen LogP contribution >= 0.6 is 0 Å². The molecule has 1 saturated heterocycles. The highest BCUT2D eigenvalue weighted by Crippen LogP contribution is 2.39. The Morgan fingerprint density at radius 2 is 1.72 bits per heavy atom. The van der Waals surface area contributed by atoms with Crippen molar-refractivity contribution in [2.24, 2.45) is 0 Å². The van der Waals surface area contributed by atoms with Crippen molar-refractivity contribution in [1.82, 2.24) is 4.90 Å². The summed E-state index contributed by atoms with van der Waals surface area (Å²) < 4.78 is 75.7. The molecule has 1 heterocycles. The van der Waals surface area contributed by atoms with Gasteiger partial charge in [0.05, 0.1) is 11.7 Å². The van der Waals surface area contributed by atoms with Gasteiger partial charge in [0.2, 0.25) is 0 Å². The molecule has 1 aliphatic rings. The predicted molar refractivity (Wildman–Crippen MR) is 97.9 cm³/mol. The van der Waals surface area contributed by atoms with Crippen LogP contribution in [0, 0.1) is 0 Å². The molecule has 1 atom stereocenters. The van der Waals surface area contributed by atoms with Crippen LogP contribution in [0.1, 0.15) is 22.8 Å². The molecule has 1 fully saturated rings. The molecule has 3 rings (SSSR count). The van der Waals surface area contributed by atoms with E-state index < -0.39 is 24.5 Å². The second-order valence-corrected chi connectivity index (χ2v) is 6.68. The molecule has 8 heteroatoms. The van der Waals surface area contributed by atoms with E-state index in [0.717, 1.165) is 6.07 Å². The monoisotopic (exact) mass is 413 g/mol. The first-order valence-electron chi connectivity index (χ1n) is 8.97. The number of hydrogen-bond donors (Lipinski definition) is 0. The van der Waals surface area contributed by atoms with Crippen molar-refractivity contribution in [3.63, 3.8) is 0 Å². The minimum Gasteiger partial charge on any atom is -0.435 e. The number of halogens is 5. The Hall–Kier alpha value is -2.45. The van der Waals surface area contributed by atoms with E-state index >= 15 is 0 Å². The molecule has 2 aromatic rings. The van der Waals surface area contributed by atoms with Gasteiger partial charge in [-0.15, -0.1) is 6.58 Å². The fourth-order valence-corrected chi connectivity index (χ4v) is 3.27. The Morgan fingerprint density at radius 3 is 2.31 bits per heavy atom. The molecule has 0 radical (unpaired) electrons. The molecule has 1 aliphatic heterocycles. The number of nitrogens with zero attached hydrogens (tertiary/aromatic N) is 1. The minimum atomic E-state index is -4.55. The van der Waals surface area contributed by atoms with Gasteiger partial charge in [-0.25, -0.2) is 0 Å². The summed E-state index contributed by atoms with van der Waals surface area (Å²) in [7, 11) is 0. The molecule has 0 saturated carbocycles. The summed E-state index contributed by atoms with van der Waals surface area (Å²) in [4.78, 5) is 2.05. The van der Waals surface area contributed by atoms with E-state index in [1.165, 1.54) is 42.5 Å². The zero-order valence-electron chi connectivity index (χ0n) is 15.4. The van der Waals surface area contributed by atoms with Crippen LogP contribution in [0.15, 0.2) is 61.2 Å². The summed E-state index contributed by atoms with van der Waals surface area (Å²) >= 11 is 0. The van der Waals surface area contributed by atoms with Crippen molar-refractivity contribution in [1.29, 1.82) is 0 Å². The highest BCUT2D eigenvalue weighted by Gasteiger charge is 2.37. The van der Waals surface area contributed by atoms with Crippen LogP contribution < -0.4 is 4.74 Å². The second kappa shape index (κ2) is 8.92.